The van der Waals surface area contributed by atoms with Gasteiger partial charge in [-0.25, -0.2) is 0 Å². The van der Waals surface area contributed by atoms with Gasteiger partial charge >= 0.3 is 0 Å². The first-order valence-corrected chi connectivity index (χ1v) is 7.84. The highest BCUT2D eigenvalue weighted by Gasteiger charge is 2.29. The highest BCUT2D eigenvalue weighted by atomic mass is 16.5. The predicted octanol–water partition coefficient (Wildman–Crippen LogP) is 3.76. The van der Waals surface area contributed by atoms with Gasteiger partial charge in [-0.05, 0) is 50.3 Å². The summed E-state index contributed by atoms with van der Waals surface area (Å²) >= 11 is 0. The molecule has 3 unspecified atom stereocenters. The molecule has 3 atom stereocenters. The Morgan fingerprint density at radius 3 is 2.67 bits per heavy atom. The van der Waals surface area contributed by atoms with Crippen LogP contribution in [-0.4, -0.2) is 30.4 Å². The van der Waals surface area contributed by atoms with Crippen LogP contribution in [-0.2, 0) is 6.54 Å². The smallest absolute Gasteiger partial charge is 0.159 e. The summed E-state index contributed by atoms with van der Waals surface area (Å²) < 4.78 is 5.47. The number of likely N-dealkylation sites (tertiary alicyclic amines) is 1. The number of hydrogen-bond acceptors (Lipinski definition) is 3. The van der Waals surface area contributed by atoms with Crippen LogP contribution in [0.3, 0.4) is 0 Å². The molecule has 2 rings (SSSR count). The van der Waals surface area contributed by atoms with Crippen LogP contribution in [0.4, 0.5) is 0 Å². The number of ketones is 1. The zero-order valence-electron chi connectivity index (χ0n) is 13.8. The van der Waals surface area contributed by atoms with E-state index in [9.17, 15) is 4.79 Å². The van der Waals surface area contributed by atoms with Gasteiger partial charge in [-0.15, -0.1) is 0 Å². The first kappa shape index (κ1) is 16.0. The van der Waals surface area contributed by atoms with E-state index in [1.165, 1.54) is 6.42 Å². The number of benzene rings is 1. The Morgan fingerprint density at radius 2 is 2.05 bits per heavy atom. The van der Waals surface area contributed by atoms with E-state index in [0.717, 1.165) is 35.9 Å². The molecule has 1 aliphatic heterocycles. The molecule has 3 heteroatoms. The Balaban J connectivity index is 2.24. The third-order valence-corrected chi connectivity index (χ3v) is 4.78. The standard InChI is InChI=1S/C18H27NO2/c1-12-8-13(2)14(3)19(10-12)11-17-9-16(15(4)20)6-7-18(17)21-5/h6-7,9,12-14H,8,10-11H2,1-5H3. The van der Waals surface area contributed by atoms with Crippen LogP contribution in [0.2, 0.25) is 0 Å². The van der Waals surface area contributed by atoms with Crippen LogP contribution in [0.1, 0.15) is 50.0 Å². The lowest BCUT2D eigenvalue weighted by molar-refractivity contribution is 0.0722. The summed E-state index contributed by atoms with van der Waals surface area (Å²) in [6.45, 7) is 10.5. The number of carbonyl (C=O) groups is 1. The first-order chi connectivity index (χ1) is 9.92. The van der Waals surface area contributed by atoms with Crippen molar-refractivity contribution in [1.29, 1.82) is 0 Å². The van der Waals surface area contributed by atoms with E-state index < -0.39 is 0 Å². The minimum atomic E-state index is 0.104. The zero-order valence-corrected chi connectivity index (χ0v) is 13.8. The molecule has 1 aliphatic rings. The van der Waals surface area contributed by atoms with E-state index in [4.69, 9.17) is 4.74 Å². The lowest BCUT2D eigenvalue weighted by atomic mass is 9.85. The molecule has 1 aromatic rings. The Bertz CT molecular complexity index is 512. The number of hydrogen-bond donors (Lipinski definition) is 0. The molecule has 1 aromatic carbocycles. The molecule has 0 spiro atoms. The van der Waals surface area contributed by atoms with Crippen molar-refractivity contribution in [2.24, 2.45) is 11.8 Å². The van der Waals surface area contributed by atoms with Gasteiger partial charge in [0.15, 0.2) is 5.78 Å². The summed E-state index contributed by atoms with van der Waals surface area (Å²) in [5.41, 5.74) is 1.87. The number of carbonyl (C=O) groups excluding carboxylic acids is 1. The van der Waals surface area contributed by atoms with Crippen LogP contribution in [0.15, 0.2) is 18.2 Å². The molecule has 0 radical (unpaired) electrons. The number of nitrogens with zero attached hydrogens (tertiary/aromatic N) is 1. The molecule has 1 fully saturated rings. The maximum atomic E-state index is 11.6. The molecular weight excluding hydrogens is 262 g/mol. The normalized spacial score (nSPS) is 26.6. The number of piperidine rings is 1. The van der Waals surface area contributed by atoms with Crippen molar-refractivity contribution in [2.45, 2.75) is 46.7 Å². The van der Waals surface area contributed by atoms with E-state index in [-0.39, 0.29) is 5.78 Å². The maximum absolute atomic E-state index is 11.6. The third-order valence-electron chi connectivity index (χ3n) is 4.78. The molecule has 0 aromatic heterocycles. The van der Waals surface area contributed by atoms with Gasteiger partial charge in [0.2, 0.25) is 0 Å². The number of methoxy groups -OCH3 is 1. The molecule has 0 aliphatic carbocycles. The van der Waals surface area contributed by atoms with Gasteiger partial charge in [0.25, 0.3) is 0 Å². The number of ether oxygens (including phenoxy) is 1. The highest BCUT2D eigenvalue weighted by Crippen LogP contribution is 2.30. The molecule has 21 heavy (non-hydrogen) atoms. The average Bonchev–Trinajstić information content (AvgIpc) is 2.44. The van der Waals surface area contributed by atoms with Crippen molar-refractivity contribution < 1.29 is 9.53 Å². The van der Waals surface area contributed by atoms with Crippen molar-refractivity contribution in [2.75, 3.05) is 13.7 Å². The van der Waals surface area contributed by atoms with Crippen molar-refractivity contribution in [3.63, 3.8) is 0 Å². The summed E-state index contributed by atoms with van der Waals surface area (Å²) in [5, 5.41) is 0. The fourth-order valence-corrected chi connectivity index (χ4v) is 3.38. The topological polar surface area (TPSA) is 29.5 Å². The second-order valence-corrected chi connectivity index (χ2v) is 6.57. The quantitative estimate of drug-likeness (QED) is 0.790. The molecular formula is C18H27NO2. The Hall–Kier alpha value is -1.35. The van der Waals surface area contributed by atoms with Crippen LogP contribution >= 0.6 is 0 Å². The third kappa shape index (κ3) is 3.65. The van der Waals surface area contributed by atoms with E-state index in [0.29, 0.717) is 12.0 Å². The molecule has 1 saturated heterocycles. The summed E-state index contributed by atoms with van der Waals surface area (Å²) in [6.07, 6.45) is 1.29. The van der Waals surface area contributed by atoms with Crippen LogP contribution in [0.25, 0.3) is 0 Å². The van der Waals surface area contributed by atoms with Gasteiger partial charge in [-0.2, -0.15) is 0 Å². The molecule has 0 bridgehead atoms. The molecule has 0 N–H and O–H groups in total. The summed E-state index contributed by atoms with van der Waals surface area (Å²) in [7, 11) is 1.69. The first-order valence-electron chi connectivity index (χ1n) is 7.84. The van der Waals surface area contributed by atoms with Crippen molar-refractivity contribution in [1.82, 2.24) is 4.90 Å². The maximum Gasteiger partial charge on any atom is 0.159 e. The average molecular weight is 289 g/mol. The van der Waals surface area contributed by atoms with Gasteiger partial charge < -0.3 is 4.74 Å². The van der Waals surface area contributed by atoms with Crippen molar-refractivity contribution >= 4 is 5.78 Å². The Labute approximate surface area is 128 Å². The van der Waals surface area contributed by atoms with Gasteiger partial charge in [0.05, 0.1) is 7.11 Å². The van der Waals surface area contributed by atoms with Gasteiger partial charge in [0, 0.05) is 30.3 Å². The molecule has 0 amide bonds. The molecule has 3 nitrogen and oxygen atoms in total. The van der Waals surface area contributed by atoms with E-state index in [1.54, 1.807) is 14.0 Å². The fourth-order valence-electron chi connectivity index (χ4n) is 3.38. The molecule has 1 heterocycles. The van der Waals surface area contributed by atoms with E-state index in [1.807, 2.05) is 18.2 Å². The van der Waals surface area contributed by atoms with Gasteiger partial charge in [0.1, 0.15) is 5.75 Å². The SMILES string of the molecule is COc1ccc(C(C)=O)cc1CN1CC(C)CC(C)C1C. The summed E-state index contributed by atoms with van der Waals surface area (Å²) in [4.78, 5) is 14.1. The summed E-state index contributed by atoms with van der Waals surface area (Å²) in [5.74, 6) is 2.40. The zero-order chi connectivity index (χ0) is 15.6. The Morgan fingerprint density at radius 1 is 1.33 bits per heavy atom. The van der Waals surface area contributed by atoms with Gasteiger partial charge in [-0.1, -0.05) is 13.8 Å². The fraction of sp³-hybridized carbons (Fsp3) is 0.611. The largest absolute Gasteiger partial charge is 0.496 e. The molecule has 116 valence electrons. The van der Waals surface area contributed by atoms with E-state index in [2.05, 4.69) is 25.7 Å². The van der Waals surface area contributed by atoms with E-state index >= 15 is 0 Å². The Kier molecular flexibility index (Phi) is 5.04. The second-order valence-electron chi connectivity index (χ2n) is 6.57. The second kappa shape index (κ2) is 6.61. The minimum absolute atomic E-state index is 0.104. The number of Topliss-reactive ketones (excluding diaryl/α,β-unsaturated/α-hetero) is 1. The lowest BCUT2D eigenvalue weighted by Gasteiger charge is -2.41. The molecule has 0 saturated carbocycles. The van der Waals surface area contributed by atoms with Crippen LogP contribution in [0, 0.1) is 11.8 Å². The predicted molar refractivity (Wildman–Crippen MR) is 85.8 cm³/mol. The minimum Gasteiger partial charge on any atom is -0.496 e. The highest BCUT2D eigenvalue weighted by molar-refractivity contribution is 5.94. The van der Waals surface area contributed by atoms with Crippen LogP contribution < -0.4 is 4.74 Å². The van der Waals surface area contributed by atoms with Crippen molar-refractivity contribution in [3.8, 4) is 5.75 Å². The lowest BCUT2D eigenvalue weighted by Crippen LogP contribution is -2.45. The van der Waals surface area contributed by atoms with Gasteiger partial charge in [-0.3, -0.25) is 9.69 Å². The van der Waals surface area contributed by atoms with Crippen molar-refractivity contribution in [3.05, 3.63) is 29.3 Å². The number of rotatable bonds is 4. The van der Waals surface area contributed by atoms with Crippen LogP contribution in [0.5, 0.6) is 5.75 Å². The summed E-state index contributed by atoms with van der Waals surface area (Å²) in [6, 6.07) is 6.30. The monoisotopic (exact) mass is 289 g/mol.